The number of amides is 2. The van der Waals surface area contributed by atoms with E-state index in [9.17, 15) is 24.3 Å². The molecular formula is C32H35N9O5. The number of terminal acetylenes is 1. The van der Waals surface area contributed by atoms with E-state index >= 15 is 0 Å². The number of carbonyl (C=O) groups is 3. The zero-order valence-corrected chi connectivity index (χ0v) is 25.5. The second-order valence-electron chi connectivity index (χ2n) is 11.2. The maximum atomic E-state index is 13.0. The minimum absolute atomic E-state index is 0.0876. The highest BCUT2D eigenvalue weighted by Gasteiger charge is 2.30. The molecule has 0 unspecified atom stereocenters. The number of carbonyl (C=O) groups excluding carboxylic acids is 2. The predicted octanol–water partition coefficient (Wildman–Crippen LogP) is 2.49. The maximum absolute atomic E-state index is 13.0. The van der Waals surface area contributed by atoms with Crippen molar-refractivity contribution in [1.82, 2.24) is 41.2 Å². The smallest absolute Gasteiger partial charge is 0.326 e. The number of aryl methyl sites for hydroxylation is 2. The van der Waals surface area contributed by atoms with E-state index in [0.717, 1.165) is 36.1 Å². The number of anilines is 1. The maximum Gasteiger partial charge on any atom is 0.326 e. The van der Waals surface area contributed by atoms with Crippen LogP contribution in [0.3, 0.4) is 0 Å². The van der Waals surface area contributed by atoms with Crippen LogP contribution in [-0.4, -0.2) is 66.1 Å². The third kappa shape index (κ3) is 7.04. The first kappa shape index (κ1) is 31.8. The highest BCUT2D eigenvalue weighted by atomic mass is 16.4. The van der Waals surface area contributed by atoms with Crippen molar-refractivity contribution in [3.8, 4) is 12.3 Å². The molecule has 2 aromatic carbocycles. The van der Waals surface area contributed by atoms with Crippen molar-refractivity contribution >= 4 is 34.4 Å². The van der Waals surface area contributed by atoms with Crippen LogP contribution in [0.4, 0.5) is 5.69 Å². The zero-order valence-electron chi connectivity index (χ0n) is 25.5. The van der Waals surface area contributed by atoms with Crippen molar-refractivity contribution in [2.75, 3.05) is 11.4 Å². The molecule has 5 rings (SSSR count). The lowest BCUT2D eigenvalue weighted by Crippen LogP contribution is -2.42. The second-order valence-corrected chi connectivity index (χ2v) is 11.2. The molecule has 0 radical (unpaired) electrons. The number of rotatable bonds is 13. The summed E-state index contributed by atoms with van der Waals surface area (Å²) in [6.07, 6.45) is 8.44. The summed E-state index contributed by atoms with van der Waals surface area (Å²) in [7, 11) is 0. The number of aliphatic carboxylic acids is 1. The molecule has 0 aliphatic heterocycles. The van der Waals surface area contributed by atoms with Gasteiger partial charge in [0.1, 0.15) is 11.9 Å². The molecule has 14 nitrogen and oxygen atoms in total. The SMILES string of the molecule is C#CCN(c1ccc(C(=O)N[C@@H](CCC(=O)N[C@H](CCC)c2nn[nH]n2)C(=O)O)cc1)[C@@H]1CCc2cc3nc(C)[nH]c(=O)c3cc21. The quantitative estimate of drug-likeness (QED) is 0.138. The van der Waals surface area contributed by atoms with Gasteiger partial charge in [-0.2, -0.15) is 5.21 Å². The first-order valence-electron chi connectivity index (χ1n) is 15.1. The Labute approximate surface area is 264 Å². The van der Waals surface area contributed by atoms with E-state index < -0.39 is 24.0 Å². The van der Waals surface area contributed by atoms with Crippen LogP contribution < -0.4 is 21.1 Å². The van der Waals surface area contributed by atoms with Gasteiger partial charge in [-0.05, 0) is 80.1 Å². The Morgan fingerprint density at radius 1 is 1.17 bits per heavy atom. The van der Waals surface area contributed by atoms with Gasteiger partial charge in [-0.1, -0.05) is 24.5 Å². The molecule has 0 bridgehead atoms. The molecule has 3 atom stereocenters. The van der Waals surface area contributed by atoms with Crippen LogP contribution in [-0.2, 0) is 16.0 Å². The minimum atomic E-state index is -1.28. The monoisotopic (exact) mass is 625 g/mol. The van der Waals surface area contributed by atoms with Crippen molar-refractivity contribution in [3.05, 3.63) is 75.1 Å². The van der Waals surface area contributed by atoms with E-state index in [0.29, 0.717) is 35.5 Å². The number of fused-ring (bicyclic) bond motifs is 2. The first-order valence-corrected chi connectivity index (χ1v) is 15.1. The van der Waals surface area contributed by atoms with Crippen molar-refractivity contribution in [1.29, 1.82) is 0 Å². The number of carboxylic acids is 1. The van der Waals surface area contributed by atoms with Crippen LogP contribution >= 0.6 is 0 Å². The van der Waals surface area contributed by atoms with E-state index in [2.05, 4.69) is 47.1 Å². The highest BCUT2D eigenvalue weighted by molar-refractivity contribution is 5.97. The van der Waals surface area contributed by atoms with Crippen molar-refractivity contribution < 1.29 is 19.5 Å². The number of hydrogen-bond donors (Lipinski definition) is 5. The average molecular weight is 626 g/mol. The van der Waals surface area contributed by atoms with Gasteiger partial charge in [-0.15, -0.1) is 16.6 Å². The van der Waals surface area contributed by atoms with E-state index in [-0.39, 0.29) is 35.9 Å². The topological polar surface area (TPSA) is 199 Å². The van der Waals surface area contributed by atoms with Crippen molar-refractivity contribution in [2.45, 2.75) is 70.5 Å². The molecule has 2 aromatic heterocycles. The van der Waals surface area contributed by atoms with Crippen molar-refractivity contribution in [2.24, 2.45) is 0 Å². The van der Waals surface area contributed by atoms with E-state index in [4.69, 9.17) is 6.42 Å². The number of H-pyrrole nitrogens is 2. The average Bonchev–Trinajstić information content (AvgIpc) is 3.71. The summed E-state index contributed by atoms with van der Waals surface area (Å²) in [5, 5.41) is 29.3. The molecule has 2 amide bonds. The van der Waals surface area contributed by atoms with E-state index in [1.165, 1.54) is 0 Å². The third-order valence-electron chi connectivity index (χ3n) is 8.08. The lowest BCUT2D eigenvalue weighted by molar-refractivity contribution is -0.139. The summed E-state index contributed by atoms with van der Waals surface area (Å²) in [4.78, 5) is 59.5. The Balaban J connectivity index is 1.25. The van der Waals surface area contributed by atoms with Gasteiger partial charge in [0.15, 0.2) is 5.82 Å². The second kappa shape index (κ2) is 14.0. The van der Waals surface area contributed by atoms with E-state index in [1.54, 1.807) is 31.2 Å². The Bertz CT molecular complexity index is 1830. The fourth-order valence-electron chi connectivity index (χ4n) is 5.86. The molecular weight excluding hydrogens is 590 g/mol. The number of nitrogens with one attached hydrogen (secondary N) is 4. The number of carboxylic acid groups (broad SMARTS) is 1. The normalized spacial score (nSPS) is 15.0. The van der Waals surface area contributed by atoms with Gasteiger partial charge >= 0.3 is 5.97 Å². The molecule has 14 heteroatoms. The highest BCUT2D eigenvalue weighted by Crippen LogP contribution is 2.39. The molecule has 1 aliphatic rings. The Morgan fingerprint density at radius 2 is 1.96 bits per heavy atom. The van der Waals surface area contributed by atoms with Gasteiger partial charge < -0.3 is 25.6 Å². The van der Waals surface area contributed by atoms with Crippen LogP contribution in [0.2, 0.25) is 0 Å². The van der Waals surface area contributed by atoms with Crippen molar-refractivity contribution in [3.63, 3.8) is 0 Å². The summed E-state index contributed by atoms with van der Waals surface area (Å²) in [6, 6.07) is 8.77. The number of aromatic amines is 2. The minimum Gasteiger partial charge on any atom is -0.480 e. The van der Waals surface area contributed by atoms with Gasteiger partial charge in [0.25, 0.3) is 11.5 Å². The molecule has 1 aliphatic carbocycles. The standard InChI is InChI=1S/C32H35N9O5/c1-4-6-24(29-37-39-40-38-29)35-28(42)14-12-25(32(45)46)36-30(43)19-7-10-21(11-8-19)41(15-5-2)27-13-9-20-16-26-23(17-22(20)27)31(44)34-18(3)33-26/h2,7-8,10-11,16-17,24-25,27H,4,6,9,12-15H2,1,3H3,(H,35,42)(H,36,43)(H,45,46)(H,33,34,44)(H,37,38,39,40)/t24-,25+,27-/m1/s1. The lowest BCUT2D eigenvalue weighted by Gasteiger charge is -2.30. The molecule has 238 valence electrons. The zero-order chi connectivity index (χ0) is 32.8. The van der Waals surface area contributed by atoms with Crippen LogP contribution in [0.25, 0.3) is 10.9 Å². The van der Waals surface area contributed by atoms with Gasteiger partial charge in [0.2, 0.25) is 5.91 Å². The van der Waals surface area contributed by atoms with Crippen LogP contribution in [0.15, 0.2) is 41.2 Å². The molecule has 2 heterocycles. The van der Waals surface area contributed by atoms with Crippen LogP contribution in [0.5, 0.6) is 0 Å². The molecule has 46 heavy (non-hydrogen) atoms. The Hall–Kier alpha value is -5.58. The lowest BCUT2D eigenvalue weighted by atomic mass is 10.0. The molecule has 0 saturated heterocycles. The van der Waals surface area contributed by atoms with Gasteiger partial charge in [0.05, 0.1) is 29.5 Å². The number of hydrogen-bond acceptors (Lipinski definition) is 9. The Kier molecular flexibility index (Phi) is 9.70. The van der Waals surface area contributed by atoms with Gasteiger partial charge in [-0.25, -0.2) is 9.78 Å². The van der Waals surface area contributed by atoms with Crippen LogP contribution in [0, 0.1) is 19.3 Å². The largest absolute Gasteiger partial charge is 0.480 e. The number of aromatic nitrogens is 6. The first-order chi connectivity index (χ1) is 22.2. The summed E-state index contributed by atoms with van der Waals surface area (Å²) in [5.74, 6) is 1.39. The molecule has 0 saturated carbocycles. The molecule has 4 aromatic rings. The molecule has 0 spiro atoms. The number of tetrazole rings is 1. The third-order valence-corrected chi connectivity index (χ3v) is 8.08. The Morgan fingerprint density at radius 3 is 2.63 bits per heavy atom. The molecule has 0 fully saturated rings. The predicted molar refractivity (Wildman–Crippen MR) is 169 cm³/mol. The summed E-state index contributed by atoms with van der Waals surface area (Å²) in [6.45, 7) is 4.00. The summed E-state index contributed by atoms with van der Waals surface area (Å²) in [5.41, 5.74) is 3.61. The van der Waals surface area contributed by atoms with E-state index in [1.807, 2.05) is 24.0 Å². The molecule has 5 N–H and O–H groups in total. The fraction of sp³-hybridized carbons (Fsp3) is 0.375. The van der Waals surface area contributed by atoms with Gasteiger partial charge in [0, 0.05) is 17.7 Å². The number of benzene rings is 2. The number of nitrogens with zero attached hydrogens (tertiary/aromatic N) is 5. The summed E-state index contributed by atoms with van der Waals surface area (Å²) >= 11 is 0. The van der Waals surface area contributed by atoms with Crippen LogP contribution in [0.1, 0.15) is 84.2 Å². The van der Waals surface area contributed by atoms with Gasteiger partial charge in [-0.3, -0.25) is 14.4 Å². The fourth-order valence-corrected chi connectivity index (χ4v) is 5.86. The summed E-state index contributed by atoms with van der Waals surface area (Å²) < 4.78 is 0.